The molecule has 0 unspecified atom stereocenters. The summed E-state index contributed by atoms with van der Waals surface area (Å²) >= 11 is 0. The number of hydrogen-bond donors (Lipinski definition) is 3. The molecule has 0 radical (unpaired) electrons. The highest BCUT2D eigenvalue weighted by Gasteiger charge is 2.30. The van der Waals surface area contributed by atoms with Crippen molar-refractivity contribution in [1.29, 1.82) is 0 Å². The molecular formula is C23H36N4O3. The Morgan fingerprint density at radius 3 is 2.27 bits per heavy atom. The van der Waals surface area contributed by atoms with Gasteiger partial charge in [0.15, 0.2) is 0 Å². The van der Waals surface area contributed by atoms with Gasteiger partial charge in [-0.1, -0.05) is 43.7 Å². The minimum atomic E-state index is -0.609. The van der Waals surface area contributed by atoms with E-state index in [1.807, 2.05) is 45.0 Å². The molecule has 7 heteroatoms. The molecule has 3 amide bonds. The summed E-state index contributed by atoms with van der Waals surface area (Å²) in [5.41, 5.74) is 8.19. The zero-order valence-corrected chi connectivity index (χ0v) is 18.6. The van der Waals surface area contributed by atoms with Gasteiger partial charge in [0.1, 0.15) is 6.04 Å². The number of likely N-dealkylation sites (tertiary alicyclic amines) is 1. The largest absolute Gasteiger partial charge is 0.350 e. The molecule has 4 N–H and O–H groups in total. The smallest absolute Gasteiger partial charge is 0.242 e. The van der Waals surface area contributed by atoms with E-state index in [1.165, 1.54) is 5.56 Å². The molecule has 30 heavy (non-hydrogen) atoms. The van der Waals surface area contributed by atoms with E-state index in [4.69, 9.17) is 5.73 Å². The SMILES string of the molecule is Cc1ccc(CNC(=O)[C@H](C)NC(=O)C2CCN(C(=O)[C@@H](N)CC(C)C)CC2)cc1. The normalized spacial score (nSPS) is 16.8. The van der Waals surface area contributed by atoms with Crippen molar-refractivity contribution in [2.75, 3.05) is 13.1 Å². The first-order valence-corrected chi connectivity index (χ1v) is 10.8. The molecule has 0 saturated carbocycles. The molecule has 1 aromatic rings. The van der Waals surface area contributed by atoms with Gasteiger partial charge in [-0.15, -0.1) is 0 Å². The third-order valence-corrected chi connectivity index (χ3v) is 5.56. The van der Waals surface area contributed by atoms with E-state index < -0.39 is 12.1 Å². The van der Waals surface area contributed by atoms with Crippen LogP contribution in [-0.2, 0) is 20.9 Å². The van der Waals surface area contributed by atoms with Crippen LogP contribution in [0.1, 0.15) is 51.2 Å². The molecule has 1 saturated heterocycles. The number of benzene rings is 1. The molecule has 1 aromatic carbocycles. The Bertz CT molecular complexity index is 724. The van der Waals surface area contributed by atoms with Crippen molar-refractivity contribution in [3.05, 3.63) is 35.4 Å². The van der Waals surface area contributed by atoms with E-state index in [0.717, 1.165) is 5.56 Å². The van der Waals surface area contributed by atoms with Gasteiger partial charge in [0, 0.05) is 25.6 Å². The summed E-state index contributed by atoms with van der Waals surface area (Å²) in [7, 11) is 0. The van der Waals surface area contributed by atoms with Gasteiger partial charge in [0.05, 0.1) is 6.04 Å². The first kappa shape index (κ1) is 23.9. The Hall–Kier alpha value is -2.41. The number of nitrogens with zero attached hydrogens (tertiary/aromatic N) is 1. The predicted molar refractivity (Wildman–Crippen MR) is 117 cm³/mol. The number of carbonyl (C=O) groups excluding carboxylic acids is 3. The van der Waals surface area contributed by atoms with Crippen LogP contribution in [0.3, 0.4) is 0 Å². The fourth-order valence-corrected chi connectivity index (χ4v) is 3.65. The zero-order valence-electron chi connectivity index (χ0n) is 18.6. The highest BCUT2D eigenvalue weighted by Crippen LogP contribution is 2.19. The molecule has 1 aliphatic heterocycles. The molecule has 0 aromatic heterocycles. The highest BCUT2D eigenvalue weighted by atomic mass is 16.2. The number of hydrogen-bond acceptors (Lipinski definition) is 4. The molecule has 2 atom stereocenters. The molecule has 0 bridgehead atoms. The second kappa shape index (κ2) is 11.1. The number of aryl methyl sites for hydroxylation is 1. The average Bonchev–Trinajstić information content (AvgIpc) is 2.72. The zero-order chi connectivity index (χ0) is 22.3. The average molecular weight is 417 g/mol. The van der Waals surface area contributed by atoms with Gasteiger partial charge < -0.3 is 21.3 Å². The van der Waals surface area contributed by atoms with Crippen molar-refractivity contribution in [3.8, 4) is 0 Å². The summed E-state index contributed by atoms with van der Waals surface area (Å²) in [5.74, 6) is -0.206. The maximum absolute atomic E-state index is 12.6. The summed E-state index contributed by atoms with van der Waals surface area (Å²) < 4.78 is 0. The Morgan fingerprint density at radius 2 is 1.70 bits per heavy atom. The first-order valence-electron chi connectivity index (χ1n) is 10.8. The molecule has 1 heterocycles. The number of piperidine rings is 1. The topological polar surface area (TPSA) is 105 Å². The van der Waals surface area contributed by atoms with Crippen LogP contribution in [0, 0.1) is 18.8 Å². The number of nitrogens with two attached hydrogens (primary N) is 1. The number of carbonyl (C=O) groups is 3. The van der Waals surface area contributed by atoms with Crippen LogP contribution < -0.4 is 16.4 Å². The van der Waals surface area contributed by atoms with Crippen LogP contribution in [0.2, 0.25) is 0 Å². The number of rotatable bonds is 8. The van der Waals surface area contributed by atoms with Crippen LogP contribution in [0.5, 0.6) is 0 Å². The lowest BCUT2D eigenvalue weighted by Gasteiger charge is -2.33. The number of nitrogens with one attached hydrogen (secondary N) is 2. The van der Waals surface area contributed by atoms with Crippen LogP contribution in [-0.4, -0.2) is 47.8 Å². The van der Waals surface area contributed by atoms with Gasteiger partial charge in [-0.3, -0.25) is 14.4 Å². The maximum atomic E-state index is 12.6. The molecule has 2 rings (SSSR count). The molecule has 1 fully saturated rings. The summed E-state index contributed by atoms with van der Waals surface area (Å²) in [5, 5.41) is 5.66. The van der Waals surface area contributed by atoms with Gasteiger partial charge in [-0.2, -0.15) is 0 Å². The quantitative estimate of drug-likeness (QED) is 0.600. The third kappa shape index (κ3) is 7.13. The lowest BCUT2D eigenvalue weighted by atomic mass is 9.94. The van der Waals surface area contributed by atoms with Crippen molar-refractivity contribution < 1.29 is 14.4 Å². The van der Waals surface area contributed by atoms with Gasteiger partial charge in [0.25, 0.3) is 0 Å². The van der Waals surface area contributed by atoms with Crippen molar-refractivity contribution in [3.63, 3.8) is 0 Å². The molecule has 166 valence electrons. The second-order valence-electron chi connectivity index (χ2n) is 8.77. The van der Waals surface area contributed by atoms with Crippen molar-refractivity contribution in [2.24, 2.45) is 17.6 Å². The van der Waals surface area contributed by atoms with Crippen molar-refractivity contribution in [2.45, 2.75) is 65.6 Å². The lowest BCUT2D eigenvalue weighted by Crippen LogP contribution is -2.51. The third-order valence-electron chi connectivity index (χ3n) is 5.56. The minimum Gasteiger partial charge on any atom is -0.350 e. The Balaban J connectivity index is 1.74. The number of amides is 3. The van der Waals surface area contributed by atoms with Gasteiger partial charge >= 0.3 is 0 Å². The van der Waals surface area contributed by atoms with Crippen LogP contribution in [0.25, 0.3) is 0 Å². The van der Waals surface area contributed by atoms with E-state index in [-0.39, 0.29) is 23.6 Å². The standard InChI is InChI=1S/C23H36N4O3/c1-15(2)13-20(24)23(30)27-11-9-19(10-12-27)22(29)26-17(4)21(28)25-14-18-7-5-16(3)6-8-18/h5-8,15,17,19-20H,9-14,24H2,1-4H3,(H,25,28)(H,26,29)/t17-,20-/m0/s1. The molecule has 0 spiro atoms. The van der Waals surface area contributed by atoms with Crippen molar-refractivity contribution in [1.82, 2.24) is 15.5 Å². The fraction of sp³-hybridized carbons (Fsp3) is 0.609. The van der Waals surface area contributed by atoms with Crippen LogP contribution in [0.15, 0.2) is 24.3 Å². The Kier molecular flexibility index (Phi) is 8.84. The highest BCUT2D eigenvalue weighted by molar-refractivity contribution is 5.88. The molecule has 7 nitrogen and oxygen atoms in total. The summed E-state index contributed by atoms with van der Waals surface area (Å²) in [6.45, 7) is 9.26. The van der Waals surface area contributed by atoms with Gasteiger partial charge in [-0.25, -0.2) is 0 Å². The Morgan fingerprint density at radius 1 is 1.10 bits per heavy atom. The minimum absolute atomic E-state index is 0.0357. The monoisotopic (exact) mass is 416 g/mol. The van der Waals surface area contributed by atoms with Crippen molar-refractivity contribution >= 4 is 17.7 Å². The second-order valence-corrected chi connectivity index (χ2v) is 8.77. The first-order chi connectivity index (χ1) is 14.2. The van der Waals surface area contributed by atoms with E-state index in [9.17, 15) is 14.4 Å². The molecular weight excluding hydrogens is 380 g/mol. The fourth-order valence-electron chi connectivity index (χ4n) is 3.65. The lowest BCUT2D eigenvalue weighted by molar-refractivity contribution is -0.137. The molecule has 0 aliphatic carbocycles. The van der Waals surface area contributed by atoms with Gasteiger partial charge in [-0.05, 0) is 44.6 Å². The summed E-state index contributed by atoms with van der Waals surface area (Å²) in [6, 6.07) is 6.86. The summed E-state index contributed by atoms with van der Waals surface area (Å²) in [4.78, 5) is 39.1. The van der Waals surface area contributed by atoms with E-state index in [2.05, 4.69) is 10.6 Å². The van der Waals surface area contributed by atoms with E-state index in [1.54, 1.807) is 11.8 Å². The van der Waals surface area contributed by atoms with Crippen LogP contribution in [0.4, 0.5) is 0 Å². The summed E-state index contributed by atoms with van der Waals surface area (Å²) in [6.07, 6.45) is 1.84. The van der Waals surface area contributed by atoms with E-state index >= 15 is 0 Å². The Labute approximate surface area is 179 Å². The predicted octanol–water partition coefficient (Wildman–Crippen LogP) is 1.73. The van der Waals surface area contributed by atoms with Gasteiger partial charge in [0.2, 0.25) is 17.7 Å². The van der Waals surface area contributed by atoms with E-state index in [0.29, 0.717) is 44.8 Å². The maximum Gasteiger partial charge on any atom is 0.242 e. The van der Waals surface area contributed by atoms with Crippen LogP contribution >= 0.6 is 0 Å². The molecule has 1 aliphatic rings.